The van der Waals surface area contributed by atoms with Crippen molar-refractivity contribution >= 4 is 27.3 Å². The highest BCUT2D eigenvalue weighted by molar-refractivity contribution is 7.88. The van der Waals surface area contributed by atoms with Crippen LogP contribution in [0, 0.1) is 0 Å². The largest absolute Gasteiger partial charge is 0.364 e. The number of sulfonamides is 1. The zero-order chi connectivity index (χ0) is 20.0. The van der Waals surface area contributed by atoms with Crippen LogP contribution in [0.25, 0.3) is 0 Å². The highest BCUT2D eigenvalue weighted by Gasteiger charge is 2.29. The van der Waals surface area contributed by atoms with Gasteiger partial charge in [-0.05, 0) is 18.4 Å². The fourth-order valence-electron chi connectivity index (χ4n) is 3.08. The smallest absolute Gasteiger partial charge is 0.220 e. The Hall–Kier alpha value is -1.91. The predicted octanol–water partition coefficient (Wildman–Crippen LogP) is 1.95. The van der Waals surface area contributed by atoms with Crippen LogP contribution in [0.5, 0.6) is 0 Å². The molecule has 10 heteroatoms. The summed E-state index contributed by atoms with van der Waals surface area (Å²) in [6.07, 6.45) is 1.39. The van der Waals surface area contributed by atoms with Crippen LogP contribution >= 0.6 is 11.3 Å². The van der Waals surface area contributed by atoms with E-state index in [4.69, 9.17) is 9.52 Å². The second-order valence-electron chi connectivity index (χ2n) is 6.74. The average molecular weight is 426 g/mol. The molecule has 154 valence electrons. The van der Waals surface area contributed by atoms with Gasteiger partial charge >= 0.3 is 0 Å². The molecule has 1 N–H and O–H groups in total. The summed E-state index contributed by atoms with van der Waals surface area (Å²) in [5.74, 6) is 1.08. The summed E-state index contributed by atoms with van der Waals surface area (Å²) < 4.78 is 31.4. The number of guanidine groups is 1. The molecule has 0 radical (unpaired) electrons. The van der Waals surface area contributed by atoms with E-state index in [2.05, 4.69) is 39.8 Å². The lowest BCUT2D eigenvalue weighted by Gasteiger charge is -2.35. The van der Waals surface area contributed by atoms with Crippen molar-refractivity contribution in [2.45, 2.75) is 25.5 Å². The Kier molecular flexibility index (Phi) is 7.08. The fourth-order valence-corrected chi connectivity index (χ4v) is 5.28. The Morgan fingerprint density at radius 3 is 2.75 bits per heavy atom. The van der Waals surface area contributed by atoms with Crippen LogP contribution in [0.2, 0.25) is 0 Å². The maximum Gasteiger partial charge on any atom is 0.220 e. The molecule has 0 spiro atoms. The van der Waals surface area contributed by atoms with Gasteiger partial charge in [0.2, 0.25) is 10.0 Å². The fraction of sp³-hybridized carbons (Fsp3) is 0.556. The normalized spacial score (nSPS) is 17.6. The van der Waals surface area contributed by atoms with Crippen LogP contribution in [0.1, 0.15) is 30.3 Å². The van der Waals surface area contributed by atoms with E-state index in [9.17, 15) is 8.42 Å². The van der Waals surface area contributed by atoms with Crippen molar-refractivity contribution < 1.29 is 12.9 Å². The number of nitrogens with zero attached hydrogens (tertiary/aromatic N) is 4. The summed E-state index contributed by atoms with van der Waals surface area (Å²) in [6, 6.07) is 5.78. The van der Waals surface area contributed by atoms with Crippen molar-refractivity contribution in [2.24, 2.45) is 4.99 Å². The van der Waals surface area contributed by atoms with E-state index in [-0.39, 0.29) is 5.75 Å². The monoisotopic (exact) mass is 425 g/mol. The van der Waals surface area contributed by atoms with Gasteiger partial charge in [0, 0.05) is 49.6 Å². The molecule has 2 aromatic heterocycles. The standard InChI is InChI=1S/C18H27N5O3S2/c1-3-19-18(20-13-15(2)17-5-4-12-27-17)22-7-9-23(10-8-22)28(24,25)14-16-6-11-26-21-16/h4-6,11-12,15H,3,7-10,13-14H2,1-2H3,(H,19,20). The van der Waals surface area contributed by atoms with Crippen molar-refractivity contribution in [1.82, 2.24) is 19.7 Å². The summed E-state index contributed by atoms with van der Waals surface area (Å²) in [7, 11) is -3.40. The summed E-state index contributed by atoms with van der Waals surface area (Å²) in [5, 5.41) is 9.12. The van der Waals surface area contributed by atoms with Gasteiger partial charge in [-0.25, -0.2) is 8.42 Å². The number of hydrogen-bond donors (Lipinski definition) is 1. The molecule has 1 aliphatic heterocycles. The molecule has 1 saturated heterocycles. The van der Waals surface area contributed by atoms with Gasteiger partial charge in [-0.2, -0.15) is 4.31 Å². The molecule has 1 fully saturated rings. The first-order valence-electron chi connectivity index (χ1n) is 9.43. The van der Waals surface area contributed by atoms with E-state index < -0.39 is 10.0 Å². The summed E-state index contributed by atoms with van der Waals surface area (Å²) in [6.45, 7) is 7.78. The zero-order valence-electron chi connectivity index (χ0n) is 16.2. The van der Waals surface area contributed by atoms with E-state index >= 15 is 0 Å². The van der Waals surface area contributed by atoms with Crippen molar-refractivity contribution in [3.8, 4) is 0 Å². The highest BCUT2D eigenvalue weighted by Crippen LogP contribution is 2.21. The maximum atomic E-state index is 12.6. The van der Waals surface area contributed by atoms with Gasteiger partial charge in [0.1, 0.15) is 12.0 Å². The molecular weight excluding hydrogens is 398 g/mol. The zero-order valence-corrected chi connectivity index (χ0v) is 17.9. The Balaban J connectivity index is 1.58. The van der Waals surface area contributed by atoms with Gasteiger partial charge in [0.25, 0.3) is 0 Å². The number of hydrogen-bond acceptors (Lipinski definition) is 6. The summed E-state index contributed by atoms with van der Waals surface area (Å²) in [4.78, 5) is 8.24. The molecule has 8 nitrogen and oxygen atoms in total. The third-order valence-corrected chi connectivity index (χ3v) is 7.55. The molecule has 0 bridgehead atoms. The first-order valence-corrected chi connectivity index (χ1v) is 11.9. The van der Waals surface area contributed by atoms with Gasteiger partial charge in [0.15, 0.2) is 5.96 Å². The van der Waals surface area contributed by atoms with E-state index in [1.54, 1.807) is 17.4 Å². The van der Waals surface area contributed by atoms with Crippen LogP contribution in [0.3, 0.4) is 0 Å². The Bertz CT molecular complexity index is 842. The lowest BCUT2D eigenvalue weighted by Crippen LogP contribution is -2.54. The predicted molar refractivity (Wildman–Crippen MR) is 111 cm³/mol. The second-order valence-corrected chi connectivity index (χ2v) is 9.69. The number of aromatic nitrogens is 1. The number of piperazine rings is 1. The minimum absolute atomic E-state index is 0.129. The topological polar surface area (TPSA) is 91.0 Å². The Labute approximate surface area is 170 Å². The molecule has 0 saturated carbocycles. The Morgan fingerprint density at radius 2 is 2.14 bits per heavy atom. The number of rotatable bonds is 7. The molecule has 1 aliphatic rings. The van der Waals surface area contributed by atoms with Crippen molar-refractivity contribution in [3.05, 3.63) is 40.4 Å². The third-order valence-electron chi connectivity index (χ3n) is 4.63. The average Bonchev–Trinajstić information content (AvgIpc) is 3.39. The lowest BCUT2D eigenvalue weighted by atomic mass is 10.1. The van der Waals surface area contributed by atoms with Crippen molar-refractivity contribution in [1.29, 1.82) is 0 Å². The molecule has 28 heavy (non-hydrogen) atoms. The number of nitrogens with one attached hydrogen (secondary N) is 1. The third kappa shape index (κ3) is 5.33. The molecule has 1 atom stereocenters. The quantitative estimate of drug-likeness (QED) is 0.539. The minimum atomic E-state index is -3.40. The van der Waals surface area contributed by atoms with Gasteiger partial charge < -0.3 is 14.7 Å². The SMILES string of the molecule is CCNC(=NCC(C)c1cccs1)N1CCN(S(=O)(=O)Cc2ccon2)CC1. The second kappa shape index (κ2) is 9.53. The maximum absolute atomic E-state index is 12.6. The number of aliphatic imine (C=N–C) groups is 1. The Morgan fingerprint density at radius 1 is 1.36 bits per heavy atom. The van der Waals surface area contributed by atoms with Crippen LogP contribution in [-0.2, 0) is 15.8 Å². The van der Waals surface area contributed by atoms with Gasteiger partial charge in [-0.15, -0.1) is 11.3 Å². The van der Waals surface area contributed by atoms with Crippen LogP contribution in [0.15, 0.2) is 39.4 Å². The van der Waals surface area contributed by atoms with Crippen LogP contribution in [0.4, 0.5) is 0 Å². The molecular formula is C18H27N5O3S2. The first-order chi connectivity index (χ1) is 13.5. The molecule has 3 rings (SSSR count). The summed E-state index contributed by atoms with van der Waals surface area (Å²) in [5.41, 5.74) is 0.430. The van der Waals surface area contributed by atoms with Gasteiger partial charge in [0.05, 0.1) is 12.2 Å². The van der Waals surface area contributed by atoms with Gasteiger partial charge in [-0.3, -0.25) is 4.99 Å². The van der Waals surface area contributed by atoms with Crippen molar-refractivity contribution in [3.63, 3.8) is 0 Å². The van der Waals surface area contributed by atoms with Crippen LogP contribution in [-0.4, -0.2) is 68.0 Å². The summed E-state index contributed by atoms with van der Waals surface area (Å²) >= 11 is 1.75. The number of thiophene rings is 1. The minimum Gasteiger partial charge on any atom is -0.364 e. The van der Waals surface area contributed by atoms with Gasteiger partial charge in [-0.1, -0.05) is 18.1 Å². The van der Waals surface area contributed by atoms with E-state index in [0.29, 0.717) is 44.3 Å². The molecule has 0 aromatic carbocycles. The molecule has 1 unspecified atom stereocenters. The van der Waals surface area contributed by atoms with E-state index in [1.807, 2.05) is 6.92 Å². The molecule has 2 aromatic rings. The lowest BCUT2D eigenvalue weighted by molar-refractivity contribution is 0.259. The van der Waals surface area contributed by atoms with Crippen LogP contribution < -0.4 is 5.32 Å². The van der Waals surface area contributed by atoms with E-state index in [0.717, 1.165) is 12.5 Å². The highest BCUT2D eigenvalue weighted by atomic mass is 32.2. The first kappa shape index (κ1) is 20.8. The molecule has 3 heterocycles. The molecule has 0 aliphatic carbocycles. The molecule has 0 amide bonds. The van der Waals surface area contributed by atoms with Crippen molar-refractivity contribution in [2.75, 3.05) is 39.3 Å². The van der Waals surface area contributed by atoms with E-state index in [1.165, 1.54) is 15.4 Å².